The summed E-state index contributed by atoms with van der Waals surface area (Å²) in [6.45, 7) is 12.5. The molecule has 2 N–H and O–H groups in total. The van der Waals surface area contributed by atoms with Gasteiger partial charge in [0.25, 0.3) is 0 Å². The number of benzene rings is 2. The first-order chi connectivity index (χ1) is 14.0. The number of rotatable bonds is 10. The average molecular weight is 411 g/mol. The molecule has 30 heavy (non-hydrogen) atoms. The van der Waals surface area contributed by atoms with E-state index in [9.17, 15) is 9.90 Å². The van der Waals surface area contributed by atoms with Crippen LogP contribution in [0.1, 0.15) is 86.8 Å². The number of hydrogen-bond donors (Lipinski definition) is 2. The van der Waals surface area contributed by atoms with Gasteiger partial charge in [-0.05, 0) is 93.2 Å². The second kappa shape index (κ2) is 9.78. The van der Waals surface area contributed by atoms with Crippen LogP contribution < -0.4 is 0 Å². The van der Waals surface area contributed by atoms with Gasteiger partial charge in [0.05, 0.1) is 5.60 Å². The fourth-order valence-corrected chi connectivity index (χ4v) is 4.46. The van der Waals surface area contributed by atoms with E-state index < -0.39 is 11.6 Å². The summed E-state index contributed by atoms with van der Waals surface area (Å²) in [5.74, 6) is -0.755. The lowest BCUT2D eigenvalue weighted by Gasteiger charge is -2.34. The largest absolute Gasteiger partial charge is 0.481 e. The Kier molecular flexibility index (Phi) is 7.87. The van der Waals surface area contributed by atoms with Gasteiger partial charge in [-0.25, -0.2) is 0 Å². The molecule has 0 aliphatic heterocycles. The molecule has 0 atom stereocenters. The Hall–Kier alpha value is -2.13. The lowest BCUT2D eigenvalue weighted by molar-refractivity contribution is -0.136. The number of aliphatic carboxylic acids is 1. The van der Waals surface area contributed by atoms with Crippen LogP contribution in [-0.4, -0.2) is 21.8 Å². The Labute approximate surface area is 182 Å². The lowest BCUT2D eigenvalue weighted by atomic mass is 9.69. The molecule has 0 unspecified atom stereocenters. The maximum atomic E-state index is 10.9. The van der Waals surface area contributed by atoms with E-state index in [0.717, 1.165) is 31.2 Å². The van der Waals surface area contributed by atoms with Gasteiger partial charge in [0, 0.05) is 11.8 Å². The Balaban J connectivity index is 2.39. The molecule has 0 aliphatic carbocycles. The van der Waals surface area contributed by atoms with Gasteiger partial charge in [-0.3, -0.25) is 4.79 Å². The Morgan fingerprint density at radius 2 is 1.33 bits per heavy atom. The van der Waals surface area contributed by atoms with E-state index in [-0.39, 0.29) is 11.8 Å². The van der Waals surface area contributed by atoms with Crippen LogP contribution in [0.15, 0.2) is 36.4 Å². The zero-order valence-corrected chi connectivity index (χ0v) is 19.5. The molecule has 0 amide bonds. The normalized spacial score (nSPS) is 12.2. The summed E-state index contributed by atoms with van der Waals surface area (Å²) in [5.41, 5.74) is 6.76. The first kappa shape index (κ1) is 24.1. The molecule has 0 heterocycles. The second-order valence-corrected chi connectivity index (χ2v) is 9.28. The molecule has 0 saturated carbocycles. The highest BCUT2D eigenvalue weighted by atomic mass is 16.4. The topological polar surface area (TPSA) is 57.5 Å². The summed E-state index contributed by atoms with van der Waals surface area (Å²) in [6, 6.07) is 13.4. The van der Waals surface area contributed by atoms with Crippen LogP contribution in [0.2, 0.25) is 0 Å². The molecule has 164 valence electrons. The minimum absolute atomic E-state index is 0.0599. The van der Waals surface area contributed by atoms with Crippen molar-refractivity contribution in [2.75, 3.05) is 0 Å². The van der Waals surface area contributed by atoms with E-state index in [2.05, 4.69) is 64.1 Å². The molecular weight excluding hydrogens is 372 g/mol. The van der Waals surface area contributed by atoms with Crippen LogP contribution in [0, 0.1) is 13.8 Å². The van der Waals surface area contributed by atoms with Gasteiger partial charge < -0.3 is 10.2 Å². The summed E-state index contributed by atoms with van der Waals surface area (Å²) in [6.07, 6.45) is 4.36. The Morgan fingerprint density at radius 3 is 1.70 bits per heavy atom. The van der Waals surface area contributed by atoms with Gasteiger partial charge in [0.2, 0.25) is 0 Å². The monoisotopic (exact) mass is 410 g/mol. The number of carboxylic acids is 1. The molecule has 2 rings (SSSR count). The molecule has 0 aliphatic rings. The van der Waals surface area contributed by atoms with Gasteiger partial charge in [0.1, 0.15) is 0 Å². The van der Waals surface area contributed by atoms with Crippen molar-refractivity contribution in [2.24, 2.45) is 0 Å². The molecule has 0 bridgehead atoms. The van der Waals surface area contributed by atoms with E-state index in [1.807, 2.05) is 13.8 Å². The van der Waals surface area contributed by atoms with Crippen molar-refractivity contribution in [3.63, 3.8) is 0 Å². The molecular formula is C27H38O3. The number of carboxylic acid groups (broad SMARTS) is 1. The minimum Gasteiger partial charge on any atom is -0.481 e. The first-order valence-corrected chi connectivity index (χ1v) is 11.2. The van der Waals surface area contributed by atoms with Crippen LogP contribution in [0.25, 0.3) is 0 Å². The van der Waals surface area contributed by atoms with Crippen molar-refractivity contribution in [1.82, 2.24) is 0 Å². The molecule has 2 aromatic rings. The summed E-state index contributed by atoms with van der Waals surface area (Å²) >= 11 is 0. The van der Waals surface area contributed by atoms with Crippen LogP contribution in [-0.2, 0) is 23.1 Å². The third-order valence-electron chi connectivity index (χ3n) is 6.61. The molecule has 0 spiro atoms. The molecule has 0 radical (unpaired) electrons. The maximum Gasteiger partial charge on any atom is 0.303 e. The second-order valence-electron chi connectivity index (χ2n) is 9.28. The van der Waals surface area contributed by atoms with Crippen molar-refractivity contribution in [3.05, 3.63) is 69.8 Å². The number of hydrogen-bond acceptors (Lipinski definition) is 2. The average Bonchev–Trinajstić information content (AvgIpc) is 2.67. The third-order valence-corrected chi connectivity index (χ3v) is 6.61. The van der Waals surface area contributed by atoms with Crippen molar-refractivity contribution in [3.8, 4) is 0 Å². The van der Waals surface area contributed by atoms with Crippen LogP contribution >= 0.6 is 0 Å². The molecule has 2 aromatic carbocycles. The van der Waals surface area contributed by atoms with Gasteiger partial charge in [-0.1, -0.05) is 50.2 Å². The zero-order valence-electron chi connectivity index (χ0n) is 19.5. The van der Waals surface area contributed by atoms with E-state index in [1.54, 1.807) is 0 Å². The smallest absolute Gasteiger partial charge is 0.303 e. The third kappa shape index (κ3) is 5.72. The highest BCUT2D eigenvalue weighted by Gasteiger charge is 2.31. The highest BCUT2D eigenvalue weighted by Crippen LogP contribution is 2.40. The number of aliphatic hydroxyl groups is 1. The molecule has 3 nitrogen and oxygen atoms in total. The molecule has 0 saturated heterocycles. The standard InChI is InChI=1S/C27H38O3/c1-7-27(8-2,23-12-9-21(19(3)17-23)11-14-25(28)29)24-13-10-22(20(4)18-24)15-16-26(5,6)30/h9-10,12-13,17-18,30H,7-8,11,14-16H2,1-6H3,(H,28,29). The van der Waals surface area contributed by atoms with Crippen molar-refractivity contribution in [2.45, 2.75) is 91.1 Å². The van der Waals surface area contributed by atoms with Crippen molar-refractivity contribution < 1.29 is 15.0 Å². The fraction of sp³-hybridized carbons (Fsp3) is 0.519. The molecule has 0 fully saturated rings. The van der Waals surface area contributed by atoms with Gasteiger partial charge in [0.15, 0.2) is 0 Å². The van der Waals surface area contributed by atoms with Crippen molar-refractivity contribution >= 4 is 5.97 Å². The van der Waals surface area contributed by atoms with Gasteiger partial charge in [-0.2, -0.15) is 0 Å². The molecule has 0 aromatic heterocycles. The summed E-state index contributed by atoms with van der Waals surface area (Å²) in [7, 11) is 0. The minimum atomic E-state index is -0.755. The van der Waals surface area contributed by atoms with E-state index in [0.29, 0.717) is 6.42 Å². The summed E-state index contributed by atoms with van der Waals surface area (Å²) < 4.78 is 0. The predicted octanol–water partition coefficient (Wildman–Crippen LogP) is 6.13. The summed E-state index contributed by atoms with van der Waals surface area (Å²) in [5, 5.41) is 19.1. The summed E-state index contributed by atoms with van der Waals surface area (Å²) in [4.78, 5) is 10.9. The fourth-order valence-electron chi connectivity index (χ4n) is 4.46. The van der Waals surface area contributed by atoms with Crippen molar-refractivity contribution in [1.29, 1.82) is 0 Å². The van der Waals surface area contributed by atoms with Crippen LogP contribution in [0.4, 0.5) is 0 Å². The quantitative estimate of drug-likeness (QED) is 0.495. The number of carbonyl (C=O) groups is 1. The Bertz CT molecular complexity index is 870. The van der Waals surface area contributed by atoms with E-state index >= 15 is 0 Å². The van der Waals surface area contributed by atoms with Gasteiger partial charge >= 0.3 is 5.97 Å². The van der Waals surface area contributed by atoms with E-state index in [4.69, 9.17) is 5.11 Å². The molecule has 3 heteroatoms. The predicted molar refractivity (Wildman–Crippen MR) is 124 cm³/mol. The number of aryl methyl sites for hydroxylation is 4. The first-order valence-electron chi connectivity index (χ1n) is 11.2. The lowest BCUT2D eigenvalue weighted by Crippen LogP contribution is -2.26. The maximum absolute atomic E-state index is 10.9. The van der Waals surface area contributed by atoms with Crippen LogP contribution in [0.5, 0.6) is 0 Å². The SMILES string of the molecule is CCC(CC)(c1ccc(CCC(=O)O)c(C)c1)c1ccc(CCC(C)(C)O)c(C)c1. The zero-order chi connectivity index (χ0) is 22.5. The van der Waals surface area contributed by atoms with Crippen LogP contribution in [0.3, 0.4) is 0 Å². The Morgan fingerprint density at radius 1 is 0.867 bits per heavy atom. The van der Waals surface area contributed by atoms with E-state index in [1.165, 1.54) is 27.8 Å². The highest BCUT2D eigenvalue weighted by molar-refractivity contribution is 5.67. The van der Waals surface area contributed by atoms with Gasteiger partial charge in [-0.15, -0.1) is 0 Å².